The highest BCUT2D eigenvalue weighted by Crippen LogP contribution is 2.35. The van der Waals surface area contributed by atoms with Gasteiger partial charge in [0.15, 0.2) is 11.5 Å². The fourth-order valence-corrected chi connectivity index (χ4v) is 2.73. The monoisotopic (exact) mass is 304 g/mol. The van der Waals surface area contributed by atoms with Crippen LogP contribution >= 0.6 is 0 Å². The maximum absolute atomic E-state index is 12.2. The van der Waals surface area contributed by atoms with E-state index in [1.54, 1.807) is 11.0 Å². The number of carbonyl (C=O) groups is 2. The third kappa shape index (κ3) is 2.86. The second kappa shape index (κ2) is 6.25. The number of rotatable bonds is 4. The van der Waals surface area contributed by atoms with E-state index < -0.39 is 0 Å². The van der Waals surface area contributed by atoms with Gasteiger partial charge in [-0.1, -0.05) is 6.92 Å². The summed E-state index contributed by atoms with van der Waals surface area (Å²) in [6.45, 7) is 4.10. The van der Waals surface area contributed by atoms with E-state index in [4.69, 9.17) is 9.47 Å². The van der Waals surface area contributed by atoms with Gasteiger partial charge in [0.1, 0.15) is 13.2 Å². The summed E-state index contributed by atoms with van der Waals surface area (Å²) in [7, 11) is 0. The number of hydrogen-bond acceptors (Lipinski definition) is 4. The highest BCUT2D eigenvalue weighted by Gasteiger charge is 2.35. The van der Waals surface area contributed by atoms with Crippen molar-refractivity contribution in [1.82, 2.24) is 5.32 Å². The van der Waals surface area contributed by atoms with Crippen molar-refractivity contribution in [3.05, 3.63) is 18.2 Å². The van der Waals surface area contributed by atoms with Crippen LogP contribution in [-0.2, 0) is 9.59 Å². The average molecular weight is 304 g/mol. The largest absolute Gasteiger partial charge is 0.486 e. The third-order valence-corrected chi connectivity index (χ3v) is 3.88. The van der Waals surface area contributed by atoms with Crippen LogP contribution in [0.5, 0.6) is 11.5 Å². The van der Waals surface area contributed by atoms with Crippen molar-refractivity contribution < 1.29 is 19.1 Å². The lowest BCUT2D eigenvalue weighted by atomic mass is 10.1. The second-order valence-electron chi connectivity index (χ2n) is 5.52. The molecule has 2 heterocycles. The molecular weight excluding hydrogens is 284 g/mol. The van der Waals surface area contributed by atoms with E-state index in [9.17, 15) is 9.59 Å². The molecular formula is C16H20N2O4. The van der Waals surface area contributed by atoms with Crippen LogP contribution in [0.1, 0.15) is 19.8 Å². The van der Waals surface area contributed by atoms with Crippen LogP contribution in [-0.4, -0.2) is 38.1 Å². The minimum atomic E-state index is -0.285. The summed E-state index contributed by atoms with van der Waals surface area (Å²) >= 11 is 0. The zero-order chi connectivity index (χ0) is 15.5. The first-order valence-electron chi connectivity index (χ1n) is 7.66. The topological polar surface area (TPSA) is 67.9 Å². The standard InChI is InChI=1S/C16H20N2O4/c1-2-5-17-16(20)11-8-15(19)18(10-11)12-3-4-13-14(9-12)22-7-6-21-13/h3-4,9,11H,2,5-8,10H2,1H3,(H,17,20)/t11-/m0/s1. The molecule has 6 nitrogen and oxygen atoms in total. The molecule has 1 atom stereocenters. The molecule has 0 unspecified atom stereocenters. The van der Waals surface area contributed by atoms with E-state index in [1.165, 1.54) is 0 Å². The molecule has 2 aliphatic heterocycles. The number of nitrogens with zero attached hydrogens (tertiary/aromatic N) is 1. The van der Waals surface area contributed by atoms with Gasteiger partial charge in [0, 0.05) is 31.3 Å². The Hall–Kier alpha value is -2.24. The Balaban J connectivity index is 1.72. The van der Waals surface area contributed by atoms with Gasteiger partial charge < -0.3 is 19.7 Å². The van der Waals surface area contributed by atoms with Crippen molar-refractivity contribution in [2.45, 2.75) is 19.8 Å². The number of amides is 2. The van der Waals surface area contributed by atoms with E-state index in [0.29, 0.717) is 37.8 Å². The molecule has 0 bridgehead atoms. The summed E-state index contributed by atoms with van der Waals surface area (Å²) in [6, 6.07) is 5.44. The maximum atomic E-state index is 12.2. The van der Waals surface area contributed by atoms with Gasteiger partial charge in [0.2, 0.25) is 11.8 Å². The first-order valence-corrected chi connectivity index (χ1v) is 7.66. The van der Waals surface area contributed by atoms with Crippen molar-refractivity contribution in [2.75, 3.05) is 31.2 Å². The van der Waals surface area contributed by atoms with Crippen LogP contribution in [0.3, 0.4) is 0 Å². The lowest BCUT2D eigenvalue weighted by Crippen LogP contribution is -2.33. The van der Waals surface area contributed by atoms with E-state index in [-0.39, 0.29) is 24.2 Å². The molecule has 22 heavy (non-hydrogen) atoms. The van der Waals surface area contributed by atoms with Crippen LogP contribution in [0.4, 0.5) is 5.69 Å². The maximum Gasteiger partial charge on any atom is 0.227 e. The Labute approximate surface area is 129 Å². The van der Waals surface area contributed by atoms with Gasteiger partial charge >= 0.3 is 0 Å². The molecule has 1 fully saturated rings. The van der Waals surface area contributed by atoms with Crippen LogP contribution < -0.4 is 19.7 Å². The molecule has 0 spiro atoms. The molecule has 2 aliphatic rings. The fraction of sp³-hybridized carbons (Fsp3) is 0.500. The zero-order valence-electron chi connectivity index (χ0n) is 12.6. The Morgan fingerprint density at radius 1 is 1.32 bits per heavy atom. The summed E-state index contributed by atoms with van der Waals surface area (Å²) in [5, 5.41) is 2.85. The molecule has 0 radical (unpaired) electrons. The fourth-order valence-electron chi connectivity index (χ4n) is 2.73. The summed E-state index contributed by atoms with van der Waals surface area (Å²) in [4.78, 5) is 25.9. The summed E-state index contributed by atoms with van der Waals surface area (Å²) in [5.41, 5.74) is 0.750. The first kappa shape index (κ1) is 14.7. The molecule has 0 aromatic heterocycles. The van der Waals surface area contributed by atoms with Crippen molar-refractivity contribution >= 4 is 17.5 Å². The normalized spacial score (nSPS) is 20.1. The van der Waals surface area contributed by atoms with Crippen molar-refractivity contribution in [3.8, 4) is 11.5 Å². The molecule has 118 valence electrons. The van der Waals surface area contributed by atoms with Crippen LogP contribution in [0.25, 0.3) is 0 Å². The minimum absolute atomic E-state index is 0.0340. The molecule has 1 N–H and O–H groups in total. The van der Waals surface area contributed by atoms with E-state index in [2.05, 4.69) is 5.32 Å². The van der Waals surface area contributed by atoms with Crippen LogP contribution in [0.2, 0.25) is 0 Å². The van der Waals surface area contributed by atoms with Gasteiger partial charge in [-0.05, 0) is 18.6 Å². The predicted molar refractivity (Wildman–Crippen MR) is 81.2 cm³/mol. The number of benzene rings is 1. The third-order valence-electron chi connectivity index (χ3n) is 3.88. The number of carbonyl (C=O) groups excluding carboxylic acids is 2. The van der Waals surface area contributed by atoms with Gasteiger partial charge in [-0.15, -0.1) is 0 Å². The molecule has 6 heteroatoms. The summed E-state index contributed by atoms with van der Waals surface area (Å²) < 4.78 is 11.0. The number of anilines is 1. The van der Waals surface area contributed by atoms with Crippen LogP contribution in [0.15, 0.2) is 18.2 Å². The summed E-state index contributed by atoms with van der Waals surface area (Å²) in [5.74, 6) is 0.977. The molecule has 1 aromatic carbocycles. The Morgan fingerprint density at radius 2 is 2.09 bits per heavy atom. The Kier molecular flexibility index (Phi) is 4.18. The lowest BCUT2D eigenvalue weighted by Gasteiger charge is -2.22. The molecule has 1 aromatic rings. The molecule has 0 aliphatic carbocycles. The lowest BCUT2D eigenvalue weighted by molar-refractivity contribution is -0.126. The smallest absolute Gasteiger partial charge is 0.227 e. The number of hydrogen-bond donors (Lipinski definition) is 1. The number of fused-ring (bicyclic) bond motifs is 1. The molecule has 0 saturated carbocycles. The van der Waals surface area contributed by atoms with Gasteiger partial charge in [0.05, 0.1) is 5.92 Å². The van der Waals surface area contributed by atoms with Gasteiger partial charge in [-0.3, -0.25) is 9.59 Å². The highest BCUT2D eigenvalue weighted by atomic mass is 16.6. The van der Waals surface area contributed by atoms with Gasteiger partial charge in [0.25, 0.3) is 0 Å². The zero-order valence-corrected chi connectivity index (χ0v) is 12.6. The predicted octanol–water partition coefficient (Wildman–Crippen LogP) is 1.34. The van der Waals surface area contributed by atoms with E-state index in [0.717, 1.165) is 12.1 Å². The van der Waals surface area contributed by atoms with Gasteiger partial charge in [-0.2, -0.15) is 0 Å². The number of ether oxygens (including phenoxy) is 2. The molecule has 3 rings (SSSR count). The van der Waals surface area contributed by atoms with Crippen molar-refractivity contribution in [2.24, 2.45) is 5.92 Å². The SMILES string of the molecule is CCCNC(=O)[C@H]1CC(=O)N(c2ccc3c(c2)OCCO3)C1. The first-order chi connectivity index (χ1) is 10.7. The number of nitrogens with one attached hydrogen (secondary N) is 1. The molecule has 1 saturated heterocycles. The Morgan fingerprint density at radius 3 is 2.86 bits per heavy atom. The van der Waals surface area contributed by atoms with Crippen molar-refractivity contribution in [1.29, 1.82) is 0 Å². The van der Waals surface area contributed by atoms with E-state index >= 15 is 0 Å². The second-order valence-corrected chi connectivity index (χ2v) is 5.52. The van der Waals surface area contributed by atoms with Crippen LogP contribution in [0, 0.1) is 5.92 Å². The average Bonchev–Trinajstić information content (AvgIpc) is 2.94. The van der Waals surface area contributed by atoms with E-state index in [1.807, 2.05) is 19.1 Å². The van der Waals surface area contributed by atoms with Crippen molar-refractivity contribution in [3.63, 3.8) is 0 Å². The quantitative estimate of drug-likeness (QED) is 0.911. The molecule has 2 amide bonds. The summed E-state index contributed by atoms with van der Waals surface area (Å²) in [6.07, 6.45) is 1.14. The highest BCUT2D eigenvalue weighted by molar-refractivity contribution is 6.00. The Bertz CT molecular complexity index is 588. The van der Waals surface area contributed by atoms with Gasteiger partial charge in [-0.25, -0.2) is 0 Å². The minimum Gasteiger partial charge on any atom is -0.486 e.